The van der Waals surface area contributed by atoms with E-state index in [9.17, 15) is 14.7 Å². The normalized spacial score (nSPS) is 10.9. The van der Waals surface area contributed by atoms with Gasteiger partial charge < -0.3 is 30.2 Å². The second-order valence-electron chi connectivity index (χ2n) is 6.81. The van der Waals surface area contributed by atoms with Gasteiger partial charge in [-0.3, -0.25) is 9.59 Å². The van der Waals surface area contributed by atoms with Crippen LogP contribution in [0.4, 0.5) is 0 Å². The van der Waals surface area contributed by atoms with Crippen molar-refractivity contribution in [2.45, 2.75) is 6.42 Å². The lowest BCUT2D eigenvalue weighted by Gasteiger charge is -2.06. The maximum atomic E-state index is 12.0. The number of aromatic nitrogens is 1. The minimum absolute atomic E-state index is 0.0209. The van der Waals surface area contributed by atoms with E-state index in [1.165, 1.54) is 19.3 Å². The molecule has 8 heteroatoms. The number of aromatic hydroxyl groups is 1. The molecule has 0 saturated carbocycles. The number of carbonyl (C=O) groups is 2. The fourth-order valence-corrected chi connectivity index (χ4v) is 3.09. The number of carbonyl (C=O) groups excluding carboxylic acids is 2. The number of ether oxygens (including phenoxy) is 2. The number of fused-ring (bicyclic) bond motifs is 1. The van der Waals surface area contributed by atoms with Gasteiger partial charge in [-0.05, 0) is 54.0 Å². The van der Waals surface area contributed by atoms with Gasteiger partial charge in [-0.1, -0.05) is 6.07 Å². The van der Waals surface area contributed by atoms with Gasteiger partial charge in [-0.25, -0.2) is 0 Å². The van der Waals surface area contributed by atoms with Crippen LogP contribution in [0.5, 0.6) is 17.2 Å². The minimum atomic E-state index is -0.397. The molecule has 3 aromatic rings. The van der Waals surface area contributed by atoms with E-state index in [-0.39, 0.29) is 18.2 Å². The maximum absolute atomic E-state index is 12.0. The number of benzene rings is 2. The van der Waals surface area contributed by atoms with Crippen LogP contribution in [0.2, 0.25) is 0 Å². The fourth-order valence-electron chi connectivity index (χ4n) is 3.09. The molecule has 0 aliphatic carbocycles. The Hall–Kier alpha value is -3.94. The summed E-state index contributed by atoms with van der Waals surface area (Å²) in [6.45, 7) is 0.325. The number of nitrogens with one attached hydrogen (secondary N) is 3. The summed E-state index contributed by atoms with van der Waals surface area (Å²) in [6, 6.07) is 10.5. The van der Waals surface area contributed by atoms with Crippen LogP contribution in [0.3, 0.4) is 0 Å². The lowest BCUT2D eigenvalue weighted by molar-refractivity contribution is -0.123. The fraction of sp³-hybridized carbons (Fsp3) is 0.217. The van der Waals surface area contributed by atoms with Crippen molar-refractivity contribution >= 4 is 28.8 Å². The molecule has 3 rings (SSSR count). The van der Waals surface area contributed by atoms with Crippen LogP contribution in [0.25, 0.3) is 17.0 Å². The lowest BCUT2D eigenvalue weighted by Crippen LogP contribution is -2.37. The van der Waals surface area contributed by atoms with Gasteiger partial charge in [0.05, 0.1) is 20.8 Å². The van der Waals surface area contributed by atoms with Gasteiger partial charge >= 0.3 is 0 Å². The Kier molecular flexibility index (Phi) is 7.16. The van der Waals surface area contributed by atoms with Crippen LogP contribution in [0.15, 0.2) is 48.7 Å². The van der Waals surface area contributed by atoms with E-state index in [1.54, 1.807) is 25.3 Å². The smallest absolute Gasteiger partial charge is 0.244 e. The first-order valence-electron chi connectivity index (χ1n) is 9.73. The summed E-state index contributed by atoms with van der Waals surface area (Å²) in [7, 11) is 3.07. The largest absolute Gasteiger partial charge is 0.504 e. The highest BCUT2D eigenvalue weighted by Crippen LogP contribution is 2.26. The van der Waals surface area contributed by atoms with Crippen molar-refractivity contribution in [3.05, 3.63) is 59.8 Å². The van der Waals surface area contributed by atoms with E-state index in [2.05, 4.69) is 15.6 Å². The predicted molar refractivity (Wildman–Crippen MR) is 118 cm³/mol. The lowest BCUT2D eigenvalue weighted by atomic mass is 10.1. The molecule has 0 atom stereocenters. The number of hydrogen-bond acceptors (Lipinski definition) is 5. The molecule has 162 valence electrons. The molecule has 0 unspecified atom stereocenters. The van der Waals surface area contributed by atoms with Crippen molar-refractivity contribution in [3.8, 4) is 17.2 Å². The number of amides is 2. The van der Waals surface area contributed by atoms with E-state index < -0.39 is 5.91 Å². The van der Waals surface area contributed by atoms with E-state index in [0.717, 1.165) is 22.2 Å². The summed E-state index contributed by atoms with van der Waals surface area (Å²) >= 11 is 0. The molecule has 0 spiro atoms. The third-order valence-corrected chi connectivity index (χ3v) is 4.75. The van der Waals surface area contributed by atoms with Crippen LogP contribution in [-0.2, 0) is 16.0 Å². The van der Waals surface area contributed by atoms with Gasteiger partial charge in [0, 0.05) is 29.7 Å². The highest BCUT2D eigenvalue weighted by molar-refractivity contribution is 5.94. The van der Waals surface area contributed by atoms with Crippen LogP contribution in [0.1, 0.15) is 11.1 Å². The molecule has 31 heavy (non-hydrogen) atoms. The molecular formula is C23H25N3O5. The van der Waals surface area contributed by atoms with Crippen LogP contribution < -0.4 is 20.1 Å². The van der Waals surface area contributed by atoms with Gasteiger partial charge in [0.2, 0.25) is 11.8 Å². The molecule has 0 bridgehead atoms. The van der Waals surface area contributed by atoms with Gasteiger partial charge in [-0.2, -0.15) is 0 Å². The number of aromatic amines is 1. The first kappa shape index (κ1) is 21.8. The average molecular weight is 423 g/mol. The number of rotatable bonds is 9. The third kappa shape index (κ3) is 5.79. The number of hydrogen-bond donors (Lipinski definition) is 4. The van der Waals surface area contributed by atoms with E-state index in [0.29, 0.717) is 24.3 Å². The van der Waals surface area contributed by atoms with Gasteiger partial charge in [0.1, 0.15) is 5.75 Å². The van der Waals surface area contributed by atoms with Crippen molar-refractivity contribution in [2.75, 3.05) is 27.3 Å². The van der Waals surface area contributed by atoms with Gasteiger partial charge in [-0.15, -0.1) is 0 Å². The third-order valence-electron chi connectivity index (χ3n) is 4.75. The first-order chi connectivity index (χ1) is 15.0. The molecule has 0 aliphatic heterocycles. The number of phenols is 1. The highest BCUT2D eigenvalue weighted by Gasteiger charge is 2.07. The van der Waals surface area contributed by atoms with Gasteiger partial charge in [0.15, 0.2) is 11.5 Å². The summed E-state index contributed by atoms with van der Waals surface area (Å²) in [5.74, 6) is 0.443. The van der Waals surface area contributed by atoms with Gasteiger partial charge in [0.25, 0.3) is 0 Å². The molecule has 0 aliphatic rings. The second kappa shape index (κ2) is 10.2. The van der Waals surface area contributed by atoms with Crippen LogP contribution >= 0.6 is 0 Å². The Morgan fingerprint density at radius 2 is 1.94 bits per heavy atom. The monoisotopic (exact) mass is 423 g/mol. The minimum Gasteiger partial charge on any atom is -0.504 e. The zero-order chi connectivity index (χ0) is 22.2. The topological polar surface area (TPSA) is 113 Å². The standard InChI is InChI=1S/C23H25N3O5/c1-30-17-5-6-19-18(12-17)16(13-25-19)9-10-24-23(29)14-26-22(28)8-4-15-3-7-20(27)21(11-15)31-2/h3-8,11-13,25,27H,9-10,14H2,1-2H3,(H,24,29)(H,26,28)/b8-4+. The zero-order valence-electron chi connectivity index (χ0n) is 17.4. The quantitative estimate of drug-likeness (QED) is 0.395. The molecule has 8 nitrogen and oxygen atoms in total. The number of phenolic OH excluding ortho intramolecular Hbond substituents is 1. The Morgan fingerprint density at radius 1 is 1.10 bits per heavy atom. The molecular weight excluding hydrogens is 398 g/mol. The number of methoxy groups -OCH3 is 2. The Bertz CT molecular complexity index is 1100. The highest BCUT2D eigenvalue weighted by atomic mass is 16.5. The summed E-state index contributed by atoms with van der Waals surface area (Å²) in [6.07, 6.45) is 5.45. The van der Waals surface area contributed by atoms with Crippen molar-refractivity contribution < 1.29 is 24.2 Å². The Balaban J connectivity index is 1.43. The molecule has 1 heterocycles. The van der Waals surface area contributed by atoms with Crippen LogP contribution in [-0.4, -0.2) is 49.2 Å². The SMILES string of the molecule is COc1ccc2[nH]cc(CCNC(=O)CNC(=O)/C=C/c3ccc(O)c(OC)c3)c2c1. The second-order valence-corrected chi connectivity index (χ2v) is 6.81. The Morgan fingerprint density at radius 3 is 2.71 bits per heavy atom. The van der Waals surface area contributed by atoms with Crippen molar-refractivity contribution in [2.24, 2.45) is 0 Å². The molecule has 2 aromatic carbocycles. The first-order valence-corrected chi connectivity index (χ1v) is 9.73. The summed E-state index contributed by atoms with van der Waals surface area (Å²) in [5, 5.41) is 16.0. The molecule has 2 amide bonds. The molecule has 0 radical (unpaired) electrons. The molecule has 0 saturated heterocycles. The van der Waals surface area contributed by atoms with E-state index >= 15 is 0 Å². The predicted octanol–water partition coefficient (Wildman–Crippen LogP) is 2.38. The van der Waals surface area contributed by atoms with Crippen molar-refractivity contribution in [3.63, 3.8) is 0 Å². The average Bonchev–Trinajstić information content (AvgIpc) is 3.19. The van der Waals surface area contributed by atoms with E-state index in [1.807, 2.05) is 24.4 Å². The Labute approximate surface area is 179 Å². The zero-order valence-corrected chi connectivity index (χ0v) is 17.4. The molecule has 0 fully saturated rings. The summed E-state index contributed by atoms with van der Waals surface area (Å²) in [5.41, 5.74) is 2.77. The molecule has 1 aromatic heterocycles. The van der Waals surface area contributed by atoms with Crippen molar-refractivity contribution in [1.82, 2.24) is 15.6 Å². The number of H-pyrrole nitrogens is 1. The summed E-state index contributed by atoms with van der Waals surface area (Å²) < 4.78 is 10.3. The summed E-state index contributed by atoms with van der Waals surface area (Å²) in [4.78, 5) is 27.1. The van der Waals surface area contributed by atoms with E-state index in [4.69, 9.17) is 9.47 Å². The molecule has 4 N–H and O–H groups in total. The maximum Gasteiger partial charge on any atom is 0.244 e. The van der Waals surface area contributed by atoms with Crippen molar-refractivity contribution in [1.29, 1.82) is 0 Å². The van der Waals surface area contributed by atoms with Crippen LogP contribution in [0, 0.1) is 0 Å².